The van der Waals surface area contributed by atoms with Gasteiger partial charge in [0.05, 0.1) is 23.5 Å². The zero-order chi connectivity index (χ0) is 20.1. The first-order chi connectivity index (χ1) is 14.7. The number of pyridine rings is 1. The summed E-state index contributed by atoms with van der Waals surface area (Å²) in [6.07, 6.45) is 11.3. The summed E-state index contributed by atoms with van der Waals surface area (Å²) in [5.41, 5.74) is 1.70. The highest BCUT2D eigenvalue weighted by atomic mass is 19.1. The zero-order valence-electron chi connectivity index (χ0n) is 17.4. The maximum Gasteiger partial charge on any atom is 0.146 e. The average molecular weight is 412 g/mol. The van der Waals surface area contributed by atoms with E-state index in [4.69, 9.17) is 4.74 Å². The lowest BCUT2D eigenvalue weighted by molar-refractivity contribution is -0.0375. The van der Waals surface area contributed by atoms with Gasteiger partial charge in [0, 0.05) is 44.6 Å². The lowest BCUT2D eigenvalue weighted by atomic mass is 9.77. The van der Waals surface area contributed by atoms with E-state index in [9.17, 15) is 4.39 Å². The van der Waals surface area contributed by atoms with Gasteiger partial charge in [0.25, 0.3) is 0 Å². The second-order valence-corrected chi connectivity index (χ2v) is 9.90. The van der Waals surface area contributed by atoms with Crippen LogP contribution in [0.15, 0.2) is 24.5 Å². The number of aromatic nitrogens is 4. The molecule has 0 unspecified atom stereocenters. The van der Waals surface area contributed by atoms with E-state index in [1.165, 1.54) is 31.7 Å². The number of hydrogen-bond acceptors (Lipinski definition) is 5. The fourth-order valence-electron chi connectivity index (χ4n) is 5.38. The van der Waals surface area contributed by atoms with Crippen molar-refractivity contribution in [2.75, 3.05) is 19.7 Å². The van der Waals surface area contributed by atoms with Gasteiger partial charge in [-0.25, -0.2) is 9.07 Å². The van der Waals surface area contributed by atoms with Crippen molar-refractivity contribution in [2.45, 2.75) is 63.1 Å². The van der Waals surface area contributed by atoms with Gasteiger partial charge < -0.3 is 4.74 Å². The van der Waals surface area contributed by atoms with E-state index in [0.29, 0.717) is 30.0 Å². The summed E-state index contributed by atoms with van der Waals surface area (Å²) in [4.78, 5) is 6.63. The van der Waals surface area contributed by atoms with E-state index in [2.05, 4.69) is 31.1 Å². The van der Waals surface area contributed by atoms with Crippen molar-refractivity contribution in [1.82, 2.24) is 24.9 Å². The third-order valence-electron chi connectivity index (χ3n) is 7.47. The van der Waals surface area contributed by atoms with E-state index in [-0.39, 0.29) is 18.0 Å². The molecule has 4 aliphatic rings. The Labute approximate surface area is 176 Å². The summed E-state index contributed by atoms with van der Waals surface area (Å²) >= 11 is 0. The Morgan fingerprint density at radius 3 is 2.70 bits per heavy atom. The van der Waals surface area contributed by atoms with Crippen LogP contribution in [0.5, 0.6) is 0 Å². The normalized spacial score (nSPS) is 31.8. The number of hydrogen-bond donors (Lipinski definition) is 0. The molecule has 3 saturated carbocycles. The Balaban J connectivity index is 1.17. The van der Waals surface area contributed by atoms with Gasteiger partial charge in [-0.15, -0.1) is 5.10 Å². The maximum absolute atomic E-state index is 14.1. The molecule has 30 heavy (non-hydrogen) atoms. The van der Waals surface area contributed by atoms with Crippen LogP contribution in [-0.2, 0) is 11.3 Å². The molecular formula is C23H30FN5O. The highest BCUT2D eigenvalue weighted by molar-refractivity contribution is 5.11. The van der Waals surface area contributed by atoms with Crippen LogP contribution >= 0.6 is 0 Å². The van der Waals surface area contributed by atoms with Crippen molar-refractivity contribution in [3.63, 3.8) is 0 Å². The Morgan fingerprint density at radius 2 is 1.93 bits per heavy atom. The van der Waals surface area contributed by atoms with Crippen molar-refractivity contribution in [3.05, 3.63) is 41.7 Å². The van der Waals surface area contributed by atoms with Crippen LogP contribution in [0.3, 0.4) is 0 Å². The first-order valence-electron chi connectivity index (χ1n) is 11.6. The molecule has 0 spiro atoms. The predicted molar refractivity (Wildman–Crippen MR) is 109 cm³/mol. The summed E-state index contributed by atoms with van der Waals surface area (Å²) in [5, 5.41) is 8.98. The van der Waals surface area contributed by atoms with Crippen LogP contribution in [0, 0.1) is 23.6 Å². The van der Waals surface area contributed by atoms with Crippen molar-refractivity contribution < 1.29 is 9.13 Å². The average Bonchev–Trinajstić information content (AvgIpc) is 3.68. The third kappa shape index (κ3) is 3.89. The van der Waals surface area contributed by atoms with E-state index in [1.807, 2.05) is 0 Å². The van der Waals surface area contributed by atoms with Crippen molar-refractivity contribution in [1.29, 1.82) is 0 Å². The molecule has 4 fully saturated rings. The van der Waals surface area contributed by atoms with Gasteiger partial charge in [-0.05, 0) is 68.4 Å². The zero-order valence-corrected chi connectivity index (χ0v) is 17.4. The van der Waals surface area contributed by atoms with Crippen molar-refractivity contribution >= 4 is 0 Å². The number of ether oxygens (including phenoxy) is 1. The summed E-state index contributed by atoms with van der Waals surface area (Å²) < 4.78 is 22.6. The third-order valence-corrected chi connectivity index (χ3v) is 7.47. The number of likely N-dealkylation sites (tertiary alicyclic amines) is 1. The Bertz CT molecular complexity index is 895. The number of halogens is 1. The molecule has 2 aromatic rings. The minimum Gasteiger partial charge on any atom is -0.376 e. The van der Waals surface area contributed by atoms with Gasteiger partial charge >= 0.3 is 0 Å². The second kappa shape index (κ2) is 7.68. The van der Waals surface area contributed by atoms with E-state index >= 15 is 0 Å². The molecule has 2 aromatic heterocycles. The van der Waals surface area contributed by atoms with Crippen LogP contribution in [0.4, 0.5) is 4.39 Å². The number of rotatable bonds is 7. The van der Waals surface area contributed by atoms with Gasteiger partial charge in [-0.2, -0.15) is 0 Å². The van der Waals surface area contributed by atoms with E-state index in [0.717, 1.165) is 44.1 Å². The van der Waals surface area contributed by atoms with Gasteiger partial charge in [-0.1, -0.05) is 5.21 Å². The monoisotopic (exact) mass is 411 g/mol. The molecule has 1 aliphatic heterocycles. The van der Waals surface area contributed by atoms with Crippen LogP contribution in [0.2, 0.25) is 0 Å². The van der Waals surface area contributed by atoms with Crippen LogP contribution in [0.1, 0.15) is 61.9 Å². The molecule has 0 aromatic carbocycles. The van der Waals surface area contributed by atoms with Gasteiger partial charge in [0.1, 0.15) is 5.82 Å². The first-order valence-corrected chi connectivity index (χ1v) is 11.6. The Morgan fingerprint density at radius 1 is 1.10 bits per heavy atom. The summed E-state index contributed by atoms with van der Waals surface area (Å²) in [5.74, 6) is 2.37. The highest BCUT2D eigenvalue weighted by Gasteiger charge is 2.44. The summed E-state index contributed by atoms with van der Waals surface area (Å²) in [6.45, 7) is 3.47. The standard InChI is InChI=1S/C23H30FN5O/c24-19-2-1-7-25-21(19)12-28-10-17-8-22(29-13-20(26-27-29)16-5-6-16)23(9-18(17)11-28)30-14-15-3-4-15/h1-2,7,13,15-18,22-23H,3-6,8-12,14H2/t17-,18+,22-,23-/m1/s1. The molecule has 3 heterocycles. The molecule has 4 atom stereocenters. The Kier molecular flexibility index (Phi) is 4.83. The molecule has 1 saturated heterocycles. The minimum atomic E-state index is -0.203. The largest absolute Gasteiger partial charge is 0.376 e. The van der Waals surface area contributed by atoms with Crippen LogP contribution < -0.4 is 0 Å². The molecule has 0 radical (unpaired) electrons. The van der Waals surface area contributed by atoms with Gasteiger partial charge in [0.2, 0.25) is 0 Å². The smallest absolute Gasteiger partial charge is 0.146 e. The highest BCUT2D eigenvalue weighted by Crippen LogP contribution is 2.44. The number of nitrogens with zero attached hydrogens (tertiary/aromatic N) is 5. The van der Waals surface area contributed by atoms with E-state index < -0.39 is 0 Å². The number of fused-ring (bicyclic) bond motifs is 1. The van der Waals surface area contributed by atoms with Crippen molar-refractivity contribution in [3.8, 4) is 0 Å². The topological polar surface area (TPSA) is 56.1 Å². The molecule has 6 rings (SSSR count). The van der Waals surface area contributed by atoms with E-state index in [1.54, 1.807) is 12.3 Å². The second-order valence-electron chi connectivity index (χ2n) is 9.90. The van der Waals surface area contributed by atoms with Crippen LogP contribution in [0.25, 0.3) is 0 Å². The lowest BCUT2D eigenvalue weighted by Gasteiger charge is -2.37. The molecule has 0 bridgehead atoms. The first kappa shape index (κ1) is 18.9. The minimum absolute atomic E-state index is 0.201. The van der Waals surface area contributed by atoms with Crippen molar-refractivity contribution in [2.24, 2.45) is 17.8 Å². The quantitative estimate of drug-likeness (QED) is 0.697. The van der Waals surface area contributed by atoms with Gasteiger partial charge in [0.15, 0.2) is 0 Å². The maximum atomic E-state index is 14.1. The molecule has 0 N–H and O–H groups in total. The molecular weight excluding hydrogens is 381 g/mol. The molecule has 3 aliphatic carbocycles. The lowest BCUT2D eigenvalue weighted by Crippen LogP contribution is -2.38. The van der Waals surface area contributed by atoms with Crippen LogP contribution in [-0.4, -0.2) is 50.7 Å². The molecule has 6 nitrogen and oxygen atoms in total. The fraction of sp³-hybridized carbons (Fsp3) is 0.696. The molecule has 0 amide bonds. The Hall–Kier alpha value is -1.86. The predicted octanol–water partition coefficient (Wildman–Crippen LogP) is 3.57. The van der Waals surface area contributed by atoms with Gasteiger partial charge in [-0.3, -0.25) is 9.88 Å². The fourth-order valence-corrected chi connectivity index (χ4v) is 5.38. The summed E-state index contributed by atoms with van der Waals surface area (Å²) in [6, 6.07) is 3.42. The molecule has 160 valence electrons. The SMILES string of the molecule is Fc1cccnc1CN1C[C@H]2C[C@@H](n3cc(C4CC4)nn3)[C@H](OCC3CC3)C[C@H]2C1. The summed E-state index contributed by atoms with van der Waals surface area (Å²) in [7, 11) is 0. The molecule has 7 heteroatoms.